The number of hydrogen-bond acceptors (Lipinski definition) is 5. The van der Waals surface area contributed by atoms with Gasteiger partial charge in [0.05, 0.1) is 23.8 Å². The Hall–Kier alpha value is -2.40. The normalized spacial score (nSPS) is 10.6. The van der Waals surface area contributed by atoms with Crippen LogP contribution in [0.2, 0.25) is 5.02 Å². The topological polar surface area (TPSA) is 57.1 Å². The molecule has 0 atom stereocenters. The van der Waals surface area contributed by atoms with E-state index in [4.69, 9.17) is 21.1 Å². The second kappa shape index (κ2) is 5.93. The summed E-state index contributed by atoms with van der Waals surface area (Å²) in [6.07, 6.45) is 4.95. The van der Waals surface area contributed by atoms with Crippen LogP contribution in [-0.4, -0.2) is 22.3 Å². The van der Waals surface area contributed by atoms with Crippen LogP contribution >= 0.6 is 11.6 Å². The van der Waals surface area contributed by atoms with Gasteiger partial charge in [0.25, 0.3) is 0 Å². The van der Waals surface area contributed by atoms with Crippen molar-refractivity contribution in [1.29, 1.82) is 0 Å². The molecule has 0 fully saturated rings. The van der Waals surface area contributed by atoms with Crippen LogP contribution in [0.3, 0.4) is 0 Å². The van der Waals surface area contributed by atoms with Gasteiger partial charge in [0.1, 0.15) is 6.61 Å². The van der Waals surface area contributed by atoms with E-state index in [0.29, 0.717) is 28.6 Å². The van der Waals surface area contributed by atoms with E-state index in [9.17, 15) is 0 Å². The number of rotatable bonds is 4. The van der Waals surface area contributed by atoms with Crippen molar-refractivity contribution in [2.75, 3.05) is 7.11 Å². The van der Waals surface area contributed by atoms with E-state index in [2.05, 4.69) is 15.2 Å². The first-order valence-electron chi connectivity index (χ1n) is 6.28. The summed E-state index contributed by atoms with van der Waals surface area (Å²) in [6, 6.07) is 7.36. The fourth-order valence-corrected chi connectivity index (χ4v) is 2.14. The number of hydrogen-bond donors (Lipinski definition) is 0. The van der Waals surface area contributed by atoms with Gasteiger partial charge in [-0.2, -0.15) is 10.2 Å². The standard InChI is InChI=1S/C15H12ClN3O2/c1-20-14-6-11-12(16)8-18-19-13(11)7-15(14)21-9-10-2-4-17-5-3-10/h2-8H,9H2,1H3. The first-order chi connectivity index (χ1) is 10.3. The summed E-state index contributed by atoms with van der Waals surface area (Å²) in [5.41, 5.74) is 1.68. The number of methoxy groups -OCH3 is 1. The van der Waals surface area contributed by atoms with Crippen LogP contribution in [0.15, 0.2) is 42.9 Å². The van der Waals surface area contributed by atoms with Crippen LogP contribution in [-0.2, 0) is 6.61 Å². The molecule has 6 heteroatoms. The third-order valence-corrected chi connectivity index (χ3v) is 3.32. The first kappa shape index (κ1) is 13.6. The third-order valence-electron chi connectivity index (χ3n) is 3.02. The van der Waals surface area contributed by atoms with E-state index in [1.807, 2.05) is 12.1 Å². The van der Waals surface area contributed by atoms with Crippen LogP contribution < -0.4 is 9.47 Å². The fraction of sp³-hybridized carbons (Fsp3) is 0.133. The zero-order valence-electron chi connectivity index (χ0n) is 11.3. The van der Waals surface area contributed by atoms with Crippen molar-refractivity contribution >= 4 is 22.5 Å². The minimum Gasteiger partial charge on any atom is -0.493 e. The predicted molar refractivity (Wildman–Crippen MR) is 79.7 cm³/mol. The smallest absolute Gasteiger partial charge is 0.163 e. The Kier molecular flexibility index (Phi) is 3.83. The van der Waals surface area contributed by atoms with Gasteiger partial charge in [-0.05, 0) is 23.8 Å². The molecular formula is C15H12ClN3O2. The lowest BCUT2D eigenvalue weighted by atomic mass is 10.2. The van der Waals surface area contributed by atoms with Gasteiger partial charge in [0.2, 0.25) is 0 Å². The van der Waals surface area contributed by atoms with E-state index >= 15 is 0 Å². The van der Waals surface area contributed by atoms with Crippen molar-refractivity contribution in [1.82, 2.24) is 15.2 Å². The highest BCUT2D eigenvalue weighted by Crippen LogP contribution is 2.34. The minimum atomic E-state index is 0.415. The zero-order chi connectivity index (χ0) is 14.7. The van der Waals surface area contributed by atoms with E-state index in [-0.39, 0.29) is 0 Å². The summed E-state index contributed by atoms with van der Waals surface area (Å²) in [5, 5.41) is 9.20. The van der Waals surface area contributed by atoms with Crippen molar-refractivity contribution in [3.63, 3.8) is 0 Å². The van der Waals surface area contributed by atoms with Crippen molar-refractivity contribution in [3.05, 3.63) is 53.4 Å². The van der Waals surface area contributed by atoms with Gasteiger partial charge in [-0.25, -0.2) is 0 Å². The monoisotopic (exact) mass is 301 g/mol. The molecule has 0 saturated carbocycles. The Bertz CT molecular complexity index is 765. The molecule has 3 aromatic rings. The van der Waals surface area contributed by atoms with E-state index in [1.165, 1.54) is 6.20 Å². The highest BCUT2D eigenvalue weighted by atomic mass is 35.5. The number of nitrogens with zero attached hydrogens (tertiary/aromatic N) is 3. The van der Waals surface area contributed by atoms with Crippen LogP contribution in [0.5, 0.6) is 11.5 Å². The lowest BCUT2D eigenvalue weighted by Crippen LogP contribution is -1.98. The Labute approximate surface area is 126 Å². The Balaban J connectivity index is 1.94. The average molecular weight is 302 g/mol. The molecule has 0 aliphatic heterocycles. The van der Waals surface area contributed by atoms with E-state index < -0.39 is 0 Å². The maximum absolute atomic E-state index is 6.11. The third kappa shape index (κ3) is 2.87. The van der Waals surface area contributed by atoms with Crippen LogP contribution in [0.4, 0.5) is 0 Å². The van der Waals surface area contributed by atoms with Crippen molar-refractivity contribution in [2.45, 2.75) is 6.61 Å². The van der Waals surface area contributed by atoms with Crippen LogP contribution in [0, 0.1) is 0 Å². The molecule has 3 rings (SSSR count). The van der Waals surface area contributed by atoms with E-state index in [1.54, 1.807) is 31.6 Å². The van der Waals surface area contributed by atoms with Gasteiger partial charge in [-0.1, -0.05) is 11.6 Å². The van der Waals surface area contributed by atoms with Crippen molar-refractivity contribution in [3.8, 4) is 11.5 Å². The van der Waals surface area contributed by atoms with Gasteiger partial charge in [0.15, 0.2) is 11.5 Å². The maximum atomic E-state index is 6.11. The van der Waals surface area contributed by atoms with Gasteiger partial charge in [-0.15, -0.1) is 0 Å². The van der Waals surface area contributed by atoms with Crippen LogP contribution in [0.1, 0.15) is 5.56 Å². The number of pyridine rings is 1. The molecular weight excluding hydrogens is 290 g/mol. The Morgan fingerprint density at radius 3 is 2.71 bits per heavy atom. The summed E-state index contributed by atoms with van der Waals surface area (Å²) in [7, 11) is 1.59. The fourth-order valence-electron chi connectivity index (χ4n) is 1.95. The number of ether oxygens (including phenoxy) is 2. The summed E-state index contributed by atoms with van der Waals surface area (Å²) in [5.74, 6) is 1.20. The molecule has 5 nitrogen and oxygen atoms in total. The number of fused-ring (bicyclic) bond motifs is 1. The Morgan fingerprint density at radius 2 is 1.95 bits per heavy atom. The lowest BCUT2D eigenvalue weighted by molar-refractivity contribution is 0.285. The summed E-state index contributed by atoms with van der Waals surface area (Å²) in [6.45, 7) is 0.415. The van der Waals surface area contributed by atoms with Gasteiger partial charge in [-0.3, -0.25) is 4.98 Å². The molecule has 0 aliphatic rings. The molecule has 106 valence electrons. The quantitative estimate of drug-likeness (QED) is 0.740. The predicted octanol–water partition coefficient (Wildman–Crippen LogP) is 3.27. The summed E-state index contributed by atoms with van der Waals surface area (Å²) in [4.78, 5) is 3.97. The second-order valence-corrected chi connectivity index (χ2v) is 4.76. The molecule has 0 unspecified atom stereocenters. The number of benzene rings is 1. The maximum Gasteiger partial charge on any atom is 0.163 e. The first-order valence-corrected chi connectivity index (χ1v) is 6.66. The molecule has 2 aromatic heterocycles. The van der Waals surface area contributed by atoms with Crippen molar-refractivity contribution < 1.29 is 9.47 Å². The number of aromatic nitrogens is 3. The number of halogens is 1. The Morgan fingerprint density at radius 1 is 1.14 bits per heavy atom. The highest BCUT2D eigenvalue weighted by Gasteiger charge is 2.10. The molecule has 2 heterocycles. The van der Waals surface area contributed by atoms with Gasteiger partial charge < -0.3 is 9.47 Å². The minimum absolute atomic E-state index is 0.415. The molecule has 1 aromatic carbocycles. The molecule has 0 N–H and O–H groups in total. The van der Waals surface area contributed by atoms with Crippen molar-refractivity contribution in [2.24, 2.45) is 0 Å². The largest absolute Gasteiger partial charge is 0.493 e. The molecule has 0 saturated heterocycles. The summed E-state index contributed by atoms with van der Waals surface area (Å²) >= 11 is 6.11. The second-order valence-electron chi connectivity index (χ2n) is 4.36. The molecule has 0 spiro atoms. The van der Waals surface area contributed by atoms with Gasteiger partial charge in [0, 0.05) is 23.8 Å². The molecule has 21 heavy (non-hydrogen) atoms. The van der Waals surface area contributed by atoms with Gasteiger partial charge >= 0.3 is 0 Å². The lowest BCUT2D eigenvalue weighted by Gasteiger charge is -2.12. The van der Waals surface area contributed by atoms with E-state index in [0.717, 1.165) is 10.9 Å². The average Bonchev–Trinajstić information content (AvgIpc) is 2.53. The molecule has 0 radical (unpaired) electrons. The molecule has 0 amide bonds. The SMILES string of the molecule is COc1cc2c(Cl)cnnc2cc1OCc1ccncc1. The van der Waals surface area contributed by atoms with Crippen LogP contribution in [0.25, 0.3) is 10.9 Å². The molecule has 0 bridgehead atoms. The molecule has 0 aliphatic carbocycles. The highest BCUT2D eigenvalue weighted by molar-refractivity contribution is 6.35. The zero-order valence-corrected chi connectivity index (χ0v) is 12.0. The summed E-state index contributed by atoms with van der Waals surface area (Å²) < 4.78 is 11.2.